The number of hydrogen-bond donors (Lipinski definition) is 2. The molecule has 3 unspecified atom stereocenters. The Bertz CT molecular complexity index is 477. The van der Waals surface area contributed by atoms with Crippen LogP contribution >= 0.6 is 0 Å². The summed E-state index contributed by atoms with van der Waals surface area (Å²) in [5, 5.41) is 3.41. The average Bonchev–Trinajstić information content (AvgIpc) is 2.93. The maximum absolute atomic E-state index is 11.4. The molecular formula is C12H17N5O. The summed E-state index contributed by atoms with van der Waals surface area (Å²) in [6, 6.07) is 0.361. The molecule has 1 amide bonds. The predicted octanol–water partition coefficient (Wildman–Crippen LogP) is -0.380. The standard InChI is InChI=1S/C12H17N5O/c1-7-9-5-14-4-8(9)6-17(7)12-10(11(13)18)15-2-3-16-12/h2-3,7-9,14H,4-6H2,1H3,(H2,13,18). The third-order valence-corrected chi connectivity index (χ3v) is 4.12. The molecule has 6 heteroatoms. The van der Waals surface area contributed by atoms with Crippen LogP contribution in [-0.2, 0) is 0 Å². The number of carbonyl (C=O) groups is 1. The number of nitrogens with one attached hydrogen (secondary N) is 1. The molecule has 3 heterocycles. The lowest BCUT2D eigenvalue weighted by atomic mass is 9.95. The molecule has 3 rings (SSSR count). The highest BCUT2D eigenvalue weighted by Gasteiger charge is 2.43. The summed E-state index contributed by atoms with van der Waals surface area (Å²) >= 11 is 0. The van der Waals surface area contributed by atoms with Crippen molar-refractivity contribution in [3.63, 3.8) is 0 Å². The zero-order valence-corrected chi connectivity index (χ0v) is 10.3. The average molecular weight is 247 g/mol. The van der Waals surface area contributed by atoms with E-state index in [0.29, 0.717) is 23.7 Å². The minimum atomic E-state index is -0.513. The van der Waals surface area contributed by atoms with E-state index in [9.17, 15) is 4.79 Å². The maximum Gasteiger partial charge on any atom is 0.271 e. The van der Waals surface area contributed by atoms with Crippen LogP contribution in [0.15, 0.2) is 12.4 Å². The van der Waals surface area contributed by atoms with E-state index in [1.165, 1.54) is 6.20 Å². The summed E-state index contributed by atoms with van der Waals surface area (Å²) in [6.45, 7) is 5.17. The number of nitrogens with zero attached hydrogens (tertiary/aromatic N) is 3. The number of carbonyl (C=O) groups excluding carboxylic acids is 1. The molecule has 0 aromatic carbocycles. The van der Waals surface area contributed by atoms with E-state index in [0.717, 1.165) is 19.6 Å². The van der Waals surface area contributed by atoms with Crippen LogP contribution < -0.4 is 16.0 Å². The molecule has 0 bridgehead atoms. The van der Waals surface area contributed by atoms with Crippen molar-refractivity contribution >= 4 is 11.7 Å². The van der Waals surface area contributed by atoms with Crippen LogP contribution in [0, 0.1) is 11.8 Å². The molecule has 0 saturated carbocycles. The highest BCUT2D eigenvalue weighted by atomic mass is 16.1. The van der Waals surface area contributed by atoms with Crippen LogP contribution in [0.2, 0.25) is 0 Å². The molecule has 3 N–H and O–H groups in total. The molecule has 2 aliphatic rings. The maximum atomic E-state index is 11.4. The molecule has 0 spiro atoms. The Morgan fingerprint density at radius 2 is 2.22 bits per heavy atom. The summed E-state index contributed by atoms with van der Waals surface area (Å²) in [5.74, 6) is 1.36. The summed E-state index contributed by atoms with van der Waals surface area (Å²) in [6.07, 6.45) is 3.12. The van der Waals surface area contributed by atoms with Gasteiger partial charge in [-0.3, -0.25) is 4.79 Å². The van der Waals surface area contributed by atoms with Crippen LogP contribution in [0.25, 0.3) is 0 Å². The van der Waals surface area contributed by atoms with E-state index in [1.54, 1.807) is 6.20 Å². The van der Waals surface area contributed by atoms with Gasteiger partial charge in [-0.15, -0.1) is 0 Å². The molecule has 2 fully saturated rings. The topological polar surface area (TPSA) is 84.1 Å². The first-order chi connectivity index (χ1) is 8.68. The molecule has 0 aliphatic carbocycles. The Morgan fingerprint density at radius 3 is 2.94 bits per heavy atom. The smallest absolute Gasteiger partial charge is 0.271 e. The van der Waals surface area contributed by atoms with E-state index >= 15 is 0 Å². The Balaban J connectivity index is 1.94. The molecule has 0 radical (unpaired) electrons. The highest BCUT2D eigenvalue weighted by molar-refractivity contribution is 5.95. The van der Waals surface area contributed by atoms with Crippen molar-refractivity contribution in [2.75, 3.05) is 24.5 Å². The van der Waals surface area contributed by atoms with Crippen LogP contribution in [-0.4, -0.2) is 41.6 Å². The van der Waals surface area contributed by atoms with Gasteiger partial charge < -0.3 is 16.0 Å². The lowest BCUT2D eigenvalue weighted by molar-refractivity contribution is 0.0995. The van der Waals surface area contributed by atoms with E-state index in [4.69, 9.17) is 5.73 Å². The molecule has 18 heavy (non-hydrogen) atoms. The normalized spacial score (nSPS) is 30.5. The van der Waals surface area contributed by atoms with Crippen molar-refractivity contribution in [1.82, 2.24) is 15.3 Å². The van der Waals surface area contributed by atoms with Gasteiger partial charge in [-0.25, -0.2) is 9.97 Å². The minimum Gasteiger partial charge on any atom is -0.364 e. The Labute approximate surface area is 106 Å². The third-order valence-electron chi connectivity index (χ3n) is 4.12. The first-order valence-electron chi connectivity index (χ1n) is 6.26. The minimum absolute atomic E-state index is 0.275. The summed E-state index contributed by atoms with van der Waals surface area (Å²) in [7, 11) is 0. The van der Waals surface area contributed by atoms with Crippen LogP contribution in [0.3, 0.4) is 0 Å². The van der Waals surface area contributed by atoms with Crippen LogP contribution in [0.4, 0.5) is 5.82 Å². The second-order valence-electron chi connectivity index (χ2n) is 5.07. The Kier molecular flexibility index (Phi) is 2.66. The zero-order chi connectivity index (χ0) is 12.7. The Hall–Kier alpha value is -1.69. The number of rotatable bonds is 2. The summed E-state index contributed by atoms with van der Waals surface area (Å²) < 4.78 is 0. The number of fused-ring (bicyclic) bond motifs is 1. The molecule has 3 atom stereocenters. The lowest BCUT2D eigenvalue weighted by Crippen LogP contribution is -2.35. The van der Waals surface area contributed by atoms with Gasteiger partial charge in [-0.1, -0.05) is 0 Å². The number of amides is 1. The number of primary amides is 1. The monoisotopic (exact) mass is 247 g/mol. The largest absolute Gasteiger partial charge is 0.364 e. The molecular weight excluding hydrogens is 230 g/mol. The molecule has 1 aromatic rings. The lowest BCUT2D eigenvalue weighted by Gasteiger charge is -2.26. The highest BCUT2D eigenvalue weighted by Crippen LogP contribution is 2.35. The zero-order valence-electron chi connectivity index (χ0n) is 10.3. The molecule has 2 aliphatic heterocycles. The van der Waals surface area contributed by atoms with E-state index in [2.05, 4.69) is 27.1 Å². The van der Waals surface area contributed by atoms with E-state index < -0.39 is 5.91 Å². The summed E-state index contributed by atoms with van der Waals surface area (Å²) in [4.78, 5) is 21.9. The second-order valence-corrected chi connectivity index (χ2v) is 5.07. The molecule has 96 valence electrons. The molecule has 6 nitrogen and oxygen atoms in total. The van der Waals surface area contributed by atoms with Crippen LogP contribution in [0.5, 0.6) is 0 Å². The van der Waals surface area contributed by atoms with Gasteiger partial charge in [0.15, 0.2) is 11.5 Å². The SMILES string of the molecule is CC1C2CNCC2CN1c1nccnc1C(N)=O. The van der Waals surface area contributed by atoms with E-state index in [-0.39, 0.29) is 5.69 Å². The number of aromatic nitrogens is 2. The van der Waals surface area contributed by atoms with Gasteiger partial charge in [0.25, 0.3) is 5.91 Å². The van der Waals surface area contributed by atoms with Gasteiger partial charge in [0.2, 0.25) is 0 Å². The third kappa shape index (κ3) is 1.64. The van der Waals surface area contributed by atoms with Gasteiger partial charge in [0.05, 0.1) is 0 Å². The van der Waals surface area contributed by atoms with Gasteiger partial charge in [-0.05, 0) is 18.8 Å². The fraction of sp³-hybridized carbons (Fsp3) is 0.583. The van der Waals surface area contributed by atoms with Crippen molar-refractivity contribution in [3.8, 4) is 0 Å². The number of anilines is 1. The van der Waals surface area contributed by atoms with Crippen molar-refractivity contribution in [1.29, 1.82) is 0 Å². The predicted molar refractivity (Wildman–Crippen MR) is 67.2 cm³/mol. The van der Waals surface area contributed by atoms with Crippen molar-refractivity contribution < 1.29 is 4.79 Å². The van der Waals surface area contributed by atoms with Crippen LogP contribution in [0.1, 0.15) is 17.4 Å². The van der Waals surface area contributed by atoms with Gasteiger partial charge in [-0.2, -0.15) is 0 Å². The van der Waals surface area contributed by atoms with Gasteiger partial charge in [0.1, 0.15) is 0 Å². The number of nitrogens with two attached hydrogens (primary N) is 1. The van der Waals surface area contributed by atoms with E-state index in [1.807, 2.05) is 0 Å². The molecule has 1 aromatic heterocycles. The van der Waals surface area contributed by atoms with Gasteiger partial charge in [0, 0.05) is 38.1 Å². The fourth-order valence-corrected chi connectivity index (χ4v) is 3.16. The summed E-state index contributed by atoms with van der Waals surface area (Å²) in [5.41, 5.74) is 5.64. The quantitative estimate of drug-likeness (QED) is 0.744. The fourth-order valence-electron chi connectivity index (χ4n) is 3.16. The Morgan fingerprint density at radius 1 is 1.44 bits per heavy atom. The van der Waals surface area contributed by atoms with Crippen molar-refractivity contribution in [2.24, 2.45) is 17.6 Å². The van der Waals surface area contributed by atoms with Crippen molar-refractivity contribution in [2.45, 2.75) is 13.0 Å². The molecule has 2 saturated heterocycles. The first kappa shape index (κ1) is 11.4. The van der Waals surface area contributed by atoms with Gasteiger partial charge >= 0.3 is 0 Å². The van der Waals surface area contributed by atoms with Crippen molar-refractivity contribution in [3.05, 3.63) is 18.1 Å². The second kappa shape index (κ2) is 4.20. The number of hydrogen-bond acceptors (Lipinski definition) is 5. The first-order valence-corrected chi connectivity index (χ1v) is 6.26.